The normalized spacial score (nSPS) is 15.0. The number of furan rings is 1. The average molecular weight is 502 g/mol. The van der Waals surface area contributed by atoms with Crippen LogP contribution in [0.25, 0.3) is 17.4 Å². The maximum Gasteiger partial charge on any atom is 0.266 e. The van der Waals surface area contributed by atoms with Crippen LogP contribution in [0.4, 0.5) is 0 Å². The summed E-state index contributed by atoms with van der Waals surface area (Å²) in [7, 11) is 0. The van der Waals surface area contributed by atoms with Crippen molar-refractivity contribution in [3.05, 3.63) is 124 Å². The first-order valence-corrected chi connectivity index (χ1v) is 12.4. The van der Waals surface area contributed by atoms with Crippen molar-refractivity contribution in [1.82, 2.24) is 4.90 Å². The van der Waals surface area contributed by atoms with Gasteiger partial charge in [0.25, 0.3) is 5.91 Å². The largest absolute Gasteiger partial charge is 0.457 e. The topological polar surface area (TPSA) is 33.5 Å². The molecule has 34 heavy (non-hydrogen) atoms. The summed E-state index contributed by atoms with van der Waals surface area (Å²) in [5.41, 5.74) is 3.09. The third kappa shape index (κ3) is 4.73. The maximum atomic E-state index is 13.3. The van der Waals surface area contributed by atoms with Crippen molar-refractivity contribution < 1.29 is 9.21 Å². The van der Waals surface area contributed by atoms with Crippen molar-refractivity contribution in [2.75, 3.05) is 6.54 Å². The van der Waals surface area contributed by atoms with E-state index in [1.807, 2.05) is 72.8 Å². The lowest BCUT2D eigenvalue weighted by molar-refractivity contribution is -0.122. The lowest BCUT2D eigenvalue weighted by atomic mass is 9.91. The Bertz CT molecular complexity index is 1330. The molecule has 1 saturated heterocycles. The standard InChI is InChI=1S/C28H20ClNO2S2/c29-24-14-8-7-13-22(24)25-16-15-21(32-25)17-26-27(31)30(28(33)34-26)18-23(19-9-3-1-4-10-19)20-11-5-2-6-12-20/h1-17,23H,18H2/b26-17-. The Kier molecular flexibility index (Phi) is 6.68. The minimum atomic E-state index is -0.109. The molecule has 1 aliphatic heterocycles. The zero-order valence-electron chi connectivity index (χ0n) is 18.1. The number of rotatable bonds is 6. The number of amides is 1. The Balaban J connectivity index is 1.40. The van der Waals surface area contributed by atoms with Gasteiger partial charge < -0.3 is 4.42 Å². The van der Waals surface area contributed by atoms with E-state index in [9.17, 15) is 4.79 Å². The molecule has 4 aromatic rings. The van der Waals surface area contributed by atoms with Crippen LogP contribution in [-0.2, 0) is 4.79 Å². The Morgan fingerprint density at radius 1 is 0.882 bits per heavy atom. The molecule has 3 aromatic carbocycles. The molecule has 0 radical (unpaired) electrons. The molecule has 0 N–H and O–H groups in total. The molecular weight excluding hydrogens is 482 g/mol. The molecule has 1 aromatic heterocycles. The highest BCUT2D eigenvalue weighted by Gasteiger charge is 2.34. The van der Waals surface area contributed by atoms with E-state index >= 15 is 0 Å². The number of halogens is 1. The highest BCUT2D eigenvalue weighted by atomic mass is 35.5. The Hall–Kier alpha value is -3.12. The summed E-state index contributed by atoms with van der Waals surface area (Å²) >= 11 is 13.2. The fourth-order valence-electron chi connectivity index (χ4n) is 3.98. The zero-order chi connectivity index (χ0) is 23.5. The molecular formula is C28H20ClNO2S2. The smallest absolute Gasteiger partial charge is 0.266 e. The van der Waals surface area contributed by atoms with Crippen molar-refractivity contribution >= 4 is 51.9 Å². The van der Waals surface area contributed by atoms with Crippen LogP contribution in [0, 0.1) is 0 Å². The van der Waals surface area contributed by atoms with Gasteiger partial charge in [-0.15, -0.1) is 0 Å². The first-order chi connectivity index (χ1) is 16.6. The zero-order valence-corrected chi connectivity index (χ0v) is 20.4. The van der Waals surface area contributed by atoms with Gasteiger partial charge in [-0.3, -0.25) is 9.69 Å². The number of benzene rings is 3. The first-order valence-electron chi connectivity index (χ1n) is 10.8. The van der Waals surface area contributed by atoms with E-state index in [4.69, 9.17) is 28.2 Å². The number of hydrogen-bond donors (Lipinski definition) is 0. The summed E-state index contributed by atoms with van der Waals surface area (Å²) in [6.45, 7) is 0.471. The fourth-order valence-corrected chi connectivity index (χ4v) is 5.46. The number of carbonyl (C=O) groups is 1. The van der Waals surface area contributed by atoms with Crippen LogP contribution in [0.5, 0.6) is 0 Å². The van der Waals surface area contributed by atoms with E-state index < -0.39 is 0 Å². The van der Waals surface area contributed by atoms with Crippen LogP contribution in [0.1, 0.15) is 22.8 Å². The number of carbonyl (C=O) groups excluding carboxylic acids is 1. The van der Waals surface area contributed by atoms with Gasteiger partial charge in [-0.25, -0.2) is 0 Å². The van der Waals surface area contributed by atoms with Crippen LogP contribution < -0.4 is 0 Å². The molecule has 3 nitrogen and oxygen atoms in total. The quantitative estimate of drug-likeness (QED) is 0.201. The Morgan fingerprint density at radius 3 is 2.15 bits per heavy atom. The number of hydrogen-bond acceptors (Lipinski definition) is 4. The lowest BCUT2D eigenvalue weighted by Gasteiger charge is -2.24. The van der Waals surface area contributed by atoms with Crippen LogP contribution in [0.15, 0.2) is 106 Å². The van der Waals surface area contributed by atoms with Gasteiger partial charge in [-0.1, -0.05) is 108 Å². The van der Waals surface area contributed by atoms with Crippen molar-refractivity contribution in [3.63, 3.8) is 0 Å². The van der Waals surface area contributed by atoms with Gasteiger partial charge >= 0.3 is 0 Å². The number of nitrogens with zero attached hydrogens (tertiary/aromatic N) is 1. The van der Waals surface area contributed by atoms with E-state index in [1.54, 1.807) is 11.0 Å². The van der Waals surface area contributed by atoms with E-state index in [-0.39, 0.29) is 11.8 Å². The second-order valence-electron chi connectivity index (χ2n) is 7.85. The predicted octanol–water partition coefficient (Wildman–Crippen LogP) is 7.63. The first kappa shape index (κ1) is 22.7. The summed E-state index contributed by atoms with van der Waals surface area (Å²) in [5, 5.41) is 0.614. The van der Waals surface area contributed by atoms with Crippen molar-refractivity contribution in [3.8, 4) is 11.3 Å². The molecule has 0 spiro atoms. The highest BCUT2D eigenvalue weighted by Crippen LogP contribution is 2.37. The van der Waals surface area contributed by atoms with Crippen LogP contribution in [0.3, 0.4) is 0 Å². The molecule has 0 saturated carbocycles. The van der Waals surface area contributed by atoms with Crippen LogP contribution in [-0.4, -0.2) is 21.7 Å². The summed E-state index contributed by atoms with van der Waals surface area (Å²) in [5.74, 6) is 1.14. The fraction of sp³-hybridized carbons (Fsp3) is 0.0714. The maximum absolute atomic E-state index is 13.3. The molecule has 6 heteroatoms. The number of thiocarbonyl (C=S) groups is 1. The summed E-state index contributed by atoms with van der Waals surface area (Å²) in [6.07, 6.45) is 1.75. The minimum absolute atomic E-state index is 0.0136. The summed E-state index contributed by atoms with van der Waals surface area (Å²) in [4.78, 5) is 15.6. The molecule has 0 aliphatic carbocycles. The van der Waals surface area contributed by atoms with E-state index in [0.717, 1.165) is 16.7 Å². The Morgan fingerprint density at radius 2 is 1.50 bits per heavy atom. The monoisotopic (exact) mass is 501 g/mol. The van der Waals surface area contributed by atoms with Gasteiger partial charge in [0.05, 0.1) is 9.93 Å². The van der Waals surface area contributed by atoms with Gasteiger partial charge in [-0.2, -0.15) is 0 Å². The summed E-state index contributed by atoms with van der Waals surface area (Å²) < 4.78 is 6.51. The molecule has 0 atom stereocenters. The minimum Gasteiger partial charge on any atom is -0.457 e. The molecule has 168 valence electrons. The third-order valence-electron chi connectivity index (χ3n) is 5.68. The molecule has 5 rings (SSSR count). The van der Waals surface area contributed by atoms with Gasteiger partial charge in [0.15, 0.2) is 0 Å². The lowest BCUT2D eigenvalue weighted by Crippen LogP contribution is -2.32. The van der Waals surface area contributed by atoms with Gasteiger partial charge in [-0.05, 0) is 35.4 Å². The average Bonchev–Trinajstić information content (AvgIpc) is 3.43. The third-order valence-corrected chi connectivity index (χ3v) is 7.39. The summed E-state index contributed by atoms with van der Waals surface area (Å²) in [6, 6.07) is 31.6. The molecule has 1 amide bonds. The number of thioether (sulfide) groups is 1. The van der Waals surface area contributed by atoms with Crippen LogP contribution in [0.2, 0.25) is 5.02 Å². The van der Waals surface area contributed by atoms with Crippen molar-refractivity contribution in [1.29, 1.82) is 0 Å². The Labute approximate surface area is 213 Å². The van der Waals surface area contributed by atoms with Gasteiger partial charge in [0.2, 0.25) is 0 Å². The molecule has 0 unspecified atom stereocenters. The highest BCUT2D eigenvalue weighted by molar-refractivity contribution is 8.26. The van der Waals surface area contributed by atoms with Crippen LogP contribution >= 0.6 is 35.6 Å². The van der Waals surface area contributed by atoms with E-state index in [2.05, 4.69) is 24.3 Å². The van der Waals surface area contributed by atoms with Gasteiger partial charge in [0, 0.05) is 24.1 Å². The van der Waals surface area contributed by atoms with Crippen molar-refractivity contribution in [2.45, 2.75) is 5.92 Å². The molecule has 0 bridgehead atoms. The molecule has 1 fully saturated rings. The van der Waals surface area contributed by atoms with Crippen molar-refractivity contribution in [2.24, 2.45) is 0 Å². The van der Waals surface area contributed by atoms with E-state index in [1.165, 1.54) is 11.8 Å². The SMILES string of the molecule is O=C1/C(=C/c2ccc(-c3ccccc3Cl)o2)SC(=S)N1CC(c1ccccc1)c1ccccc1. The van der Waals surface area contributed by atoms with Gasteiger partial charge in [0.1, 0.15) is 15.8 Å². The van der Waals surface area contributed by atoms with E-state index in [0.29, 0.717) is 32.3 Å². The second kappa shape index (κ2) is 10.0. The molecule has 2 heterocycles. The predicted molar refractivity (Wildman–Crippen MR) is 144 cm³/mol. The second-order valence-corrected chi connectivity index (χ2v) is 9.93. The molecule has 1 aliphatic rings.